The molecular formula is C13H15F2NOS. The molecule has 1 aliphatic heterocycles. The molecule has 0 amide bonds. The minimum Gasteiger partial charge on any atom is -0.312 e. The summed E-state index contributed by atoms with van der Waals surface area (Å²) in [5.41, 5.74) is 0.0749. The molecule has 2 nitrogen and oxygen atoms in total. The largest absolute Gasteiger partial charge is 0.312 e. The summed E-state index contributed by atoms with van der Waals surface area (Å²) >= 11 is 1.77. The highest BCUT2D eigenvalue weighted by Crippen LogP contribution is 2.19. The van der Waals surface area contributed by atoms with Gasteiger partial charge in [-0.3, -0.25) is 4.79 Å². The third-order valence-corrected chi connectivity index (χ3v) is 4.14. The van der Waals surface area contributed by atoms with E-state index in [0.717, 1.165) is 18.1 Å². The molecule has 0 bridgehead atoms. The van der Waals surface area contributed by atoms with Crippen LogP contribution in [0.2, 0.25) is 0 Å². The Morgan fingerprint density at radius 2 is 2.22 bits per heavy atom. The van der Waals surface area contributed by atoms with Crippen molar-refractivity contribution in [2.45, 2.75) is 19.4 Å². The zero-order chi connectivity index (χ0) is 13.1. The Bertz CT molecular complexity index is 459. The molecule has 1 fully saturated rings. The number of thioether (sulfide) groups is 1. The summed E-state index contributed by atoms with van der Waals surface area (Å²) in [6.07, 6.45) is 0.215. The van der Waals surface area contributed by atoms with Gasteiger partial charge in [-0.1, -0.05) is 6.07 Å². The second-order valence-electron chi connectivity index (χ2n) is 4.41. The van der Waals surface area contributed by atoms with Gasteiger partial charge < -0.3 is 5.32 Å². The van der Waals surface area contributed by atoms with E-state index in [0.29, 0.717) is 0 Å². The Hall–Kier alpha value is -0.940. The number of ketones is 1. The second kappa shape index (κ2) is 5.80. The second-order valence-corrected chi connectivity index (χ2v) is 5.56. The first-order chi connectivity index (χ1) is 8.59. The first-order valence-electron chi connectivity index (χ1n) is 5.88. The maximum absolute atomic E-state index is 13.6. The number of benzene rings is 1. The summed E-state index contributed by atoms with van der Waals surface area (Å²) in [6.45, 7) is 2.33. The Balaban J connectivity index is 2.11. The van der Waals surface area contributed by atoms with E-state index in [1.54, 1.807) is 11.8 Å². The number of nitrogens with one attached hydrogen (secondary N) is 1. The third-order valence-electron chi connectivity index (χ3n) is 3.01. The van der Waals surface area contributed by atoms with Gasteiger partial charge in [0.1, 0.15) is 0 Å². The fourth-order valence-corrected chi connectivity index (χ4v) is 2.90. The predicted molar refractivity (Wildman–Crippen MR) is 69.2 cm³/mol. The zero-order valence-corrected chi connectivity index (χ0v) is 10.9. The number of Topliss-reactive ketones (excluding diaryl/α,β-unsaturated/α-hetero) is 1. The van der Waals surface area contributed by atoms with Crippen molar-refractivity contribution < 1.29 is 13.6 Å². The fourth-order valence-electron chi connectivity index (χ4n) is 1.95. The summed E-state index contributed by atoms with van der Waals surface area (Å²) in [4.78, 5) is 11.9. The van der Waals surface area contributed by atoms with Crippen molar-refractivity contribution >= 4 is 17.5 Å². The quantitative estimate of drug-likeness (QED) is 0.857. The summed E-state index contributed by atoms with van der Waals surface area (Å²) in [5, 5.41) is 3.21. The van der Waals surface area contributed by atoms with Crippen LogP contribution in [0.1, 0.15) is 22.3 Å². The van der Waals surface area contributed by atoms with Crippen LogP contribution in [0, 0.1) is 18.6 Å². The molecule has 98 valence electrons. The lowest BCUT2D eigenvalue weighted by atomic mass is 10.0. The number of carbonyl (C=O) groups excluding carboxylic acids is 1. The maximum Gasteiger partial charge on any atom is 0.169 e. The Morgan fingerprint density at radius 3 is 2.89 bits per heavy atom. The molecule has 1 aromatic rings. The summed E-state index contributed by atoms with van der Waals surface area (Å²) in [7, 11) is 0. The lowest BCUT2D eigenvalue weighted by Gasteiger charge is -2.22. The molecule has 0 radical (unpaired) electrons. The number of aryl methyl sites for hydroxylation is 1. The van der Waals surface area contributed by atoms with E-state index in [1.165, 1.54) is 19.1 Å². The van der Waals surface area contributed by atoms with E-state index in [9.17, 15) is 13.6 Å². The lowest BCUT2D eigenvalue weighted by molar-refractivity contribution is 0.0967. The minimum atomic E-state index is -1.02. The van der Waals surface area contributed by atoms with Gasteiger partial charge in [-0.25, -0.2) is 8.78 Å². The van der Waals surface area contributed by atoms with Crippen molar-refractivity contribution in [3.05, 3.63) is 34.9 Å². The van der Waals surface area contributed by atoms with Crippen molar-refractivity contribution in [2.75, 3.05) is 18.1 Å². The van der Waals surface area contributed by atoms with Crippen LogP contribution in [0.15, 0.2) is 12.1 Å². The van der Waals surface area contributed by atoms with Gasteiger partial charge in [0.05, 0.1) is 5.56 Å². The van der Waals surface area contributed by atoms with E-state index in [1.807, 2.05) is 0 Å². The van der Waals surface area contributed by atoms with Gasteiger partial charge in [-0.05, 0) is 18.6 Å². The minimum absolute atomic E-state index is 0.0556. The molecule has 0 aromatic heterocycles. The Morgan fingerprint density at radius 1 is 1.44 bits per heavy atom. The maximum atomic E-state index is 13.6. The molecule has 1 aromatic carbocycles. The topological polar surface area (TPSA) is 29.1 Å². The van der Waals surface area contributed by atoms with Gasteiger partial charge in [-0.2, -0.15) is 11.8 Å². The molecule has 0 saturated carbocycles. The van der Waals surface area contributed by atoms with Crippen LogP contribution in [0.5, 0.6) is 0 Å². The van der Waals surface area contributed by atoms with Gasteiger partial charge in [0, 0.05) is 30.5 Å². The highest BCUT2D eigenvalue weighted by atomic mass is 32.2. The van der Waals surface area contributed by atoms with Crippen molar-refractivity contribution in [3.8, 4) is 0 Å². The van der Waals surface area contributed by atoms with Crippen LogP contribution in [0.25, 0.3) is 0 Å². The van der Waals surface area contributed by atoms with Crippen molar-refractivity contribution in [2.24, 2.45) is 0 Å². The standard InChI is InChI=1S/C13H15F2NOS/c1-8-2-3-10(13(15)12(8)14)11(17)6-9-7-18-5-4-16-9/h2-3,9,16H,4-7H2,1H3. The molecular weight excluding hydrogens is 256 g/mol. The van der Waals surface area contributed by atoms with E-state index < -0.39 is 11.6 Å². The summed E-state index contributed by atoms with van der Waals surface area (Å²) in [5.74, 6) is -0.429. The molecule has 18 heavy (non-hydrogen) atoms. The fraction of sp³-hybridized carbons (Fsp3) is 0.462. The number of halogens is 2. The molecule has 1 saturated heterocycles. The van der Waals surface area contributed by atoms with E-state index in [2.05, 4.69) is 5.32 Å². The van der Waals surface area contributed by atoms with Crippen LogP contribution in [0.4, 0.5) is 8.78 Å². The molecule has 1 atom stereocenters. The molecule has 1 aliphatic rings. The summed E-state index contributed by atoms with van der Waals surface area (Å²) in [6, 6.07) is 2.86. The number of hydrogen-bond donors (Lipinski definition) is 1. The number of carbonyl (C=O) groups is 1. The van der Waals surface area contributed by atoms with Crippen molar-refractivity contribution in [1.82, 2.24) is 5.32 Å². The molecule has 0 spiro atoms. The van der Waals surface area contributed by atoms with Gasteiger partial charge >= 0.3 is 0 Å². The van der Waals surface area contributed by atoms with Crippen LogP contribution in [0.3, 0.4) is 0 Å². The van der Waals surface area contributed by atoms with E-state index >= 15 is 0 Å². The van der Waals surface area contributed by atoms with Gasteiger partial charge in [0.15, 0.2) is 17.4 Å². The highest BCUT2D eigenvalue weighted by Gasteiger charge is 2.21. The average molecular weight is 271 g/mol. The molecule has 1 heterocycles. The average Bonchev–Trinajstić information content (AvgIpc) is 2.37. The normalized spacial score (nSPS) is 19.8. The molecule has 1 N–H and O–H groups in total. The van der Waals surface area contributed by atoms with Gasteiger partial charge in [0.25, 0.3) is 0 Å². The monoisotopic (exact) mass is 271 g/mol. The molecule has 0 aliphatic carbocycles. The van der Waals surface area contributed by atoms with Crippen molar-refractivity contribution in [1.29, 1.82) is 0 Å². The molecule has 2 rings (SSSR count). The predicted octanol–water partition coefficient (Wildman–Crippen LogP) is 2.55. The van der Waals surface area contributed by atoms with Crippen LogP contribution in [-0.2, 0) is 0 Å². The molecule has 5 heteroatoms. The first-order valence-corrected chi connectivity index (χ1v) is 7.04. The van der Waals surface area contributed by atoms with Gasteiger partial charge in [0.2, 0.25) is 0 Å². The van der Waals surface area contributed by atoms with Gasteiger partial charge in [-0.15, -0.1) is 0 Å². The Labute approximate surface area is 109 Å². The van der Waals surface area contributed by atoms with Crippen LogP contribution < -0.4 is 5.32 Å². The van der Waals surface area contributed by atoms with Crippen LogP contribution >= 0.6 is 11.8 Å². The van der Waals surface area contributed by atoms with E-state index in [-0.39, 0.29) is 29.4 Å². The van der Waals surface area contributed by atoms with E-state index in [4.69, 9.17) is 0 Å². The van der Waals surface area contributed by atoms with Crippen molar-refractivity contribution in [3.63, 3.8) is 0 Å². The smallest absolute Gasteiger partial charge is 0.169 e. The highest BCUT2D eigenvalue weighted by molar-refractivity contribution is 7.99. The first kappa shape index (κ1) is 13.5. The SMILES string of the molecule is Cc1ccc(C(=O)CC2CSCCN2)c(F)c1F. The van der Waals surface area contributed by atoms with Crippen LogP contribution in [-0.4, -0.2) is 29.9 Å². The number of rotatable bonds is 3. The Kier molecular flexibility index (Phi) is 4.35. The lowest BCUT2D eigenvalue weighted by Crippen LogP contribution is -2.39. The molecule has 1 unspecified atom stereocenters. The summed E-state index contributed by atoms with van der Waals surface area (Å²) < 4.78 is 27.0. The third kappa shape index (κ3) is 2.90. The zero-order valence-electron chi connectivity index (χ0n) is 10.1. The number of hydrogen-bond acceptors (Lipinski definition) is 3.